The molecule has 25 heteroatoms. The van der Waals surface area contributed by atoms with E-state index in [-0.39, 0.29) is 19.5 Å². The third-order valence-corrected chi connectivity index (χ3v) is 12.2. The van der Waals surface area contributed by atoms with Gasteiger partial charge in [-0.15, -0.1) is 0 Å². The maximum Gasteiger partial charge on any atom is 0.673 e. The van der Waals surface area contributed by atoms with E-state index in [9.17, 15) is 69.1 Å². The first-order valence-electron chi connectivity index (χ1n) is 17.5. The molecule has 343 valence electrons. The van der Waals surface area contributed by atoms with Crippen LogP contribution >= 0.6 is 15.8 Å². The summed E-state index contributed by atoms with van der Waals surface area (Å²) in [7, 11) is -21.6. The van der Waals surface area contributed by atoms with Gasteiger partial charge in [-0.2, -0.15) is 0 Å². The Morgan fingerprint density at radius 2 is 0.590 bits per heavy atom. The second-order valence-corrected chi connectivity index (χ2v) is 16.0. The van der Waals surface area contributed by atoms with Crippen molar-refractivity contribution < 1.29 is 98.0 Å². The van der Waals surface area contributed by atoms with Crippen molar-refractivity contribution in [2.75, 3.05) is 26.5 Å². The number of hydrogen-bond acceptors (Lipinski definition) is 2. The van der Waals surface area contributed by atoms with Crippen molar-refractivity contribution in [3.05, 3.63) is 133 Å². The molecule has 5 rings (SSSR count). The van der Waals surface area contributed by atoms with E-state index in [1.54, 1.807) is 14.2 Å². The Kier molecular flexibility index (Phi) is 30.7. The number of ether oxygens (including phenoxy) is 2. The van der Waals surface area contributed by atoms with Crippen LogP contribution in [0.3, 0.4) is 0 Å². The molecule has 0 aliphatic heterocycles. The molecule has 1 aliphatic rings. The fraction of sp³-hybridized carbons (Fsp3) is 0.222. The molecule has 4 aromatic rings. The molecule has 1 aliphatic carbocycles. The molecule has 0 unspecified atom stereocenters. The van der Waals surface area contributed by atoms with Crippen LogP contribution in [-0.4, -0.2) is 55.6 Å². The largest absolute Gasteiger partial charge is 0.673 e. The van der Waals surface area contributed by atoms with Crippen molar-refractivity contribution in [3.63, 3.8) is 0 Å². The molecule has 0 saturated carbocycles. The van der Waals surface area contributed by atoms with Crippen LogP contribution in [0.5, 0.6) is 11.5 Å². The third kappa shape index (κ3) is 36.9. The van der Waals surface area contributed by atoms with Crippen molar-refractivity contribution in [1.29, 1.82) is 0 Å². The van der Waals surface area contributed by atoms with Crippen LogP contribution in [0, 0.1) is 0 Å². The van der Waals surface area contributed by atoms with E-state index in [4.69, 9.17) is 9.47 Å². The number of allylic oxidation sites excluding steroid dienone is 4. The predicted molar refractivity (Wildman–Crippen MR) is 218 cm³/mol. The predicted octanol–water partition coefficient (Wildman–Crippen LogP) is 13.1. The molecule has 0 aromatic heterocycles. The van der Waals surface area contributed by atoms with Crippen LogP contribution in [0.25, 0.3) is 0 Å². The fourth-order valence-corrected chi connectivity index (χ4v) is 10.4. The van der Waals surface area contributed by atoms with Crippen molar-refractivity contribution >= 4 is 66.1 Å². The Hall–Kier alpha value is -3.42. The molecule has 4 aromatic carbocycles. The molecule has 1 radical (unpaired) electrons. The molecule has 61 heavy (non-hydrogen) atoms. The normalized spacial score (nSPS) is 14.3. The summed E-state index contributed by atoms with van der Waals surface area (Å²) in [5.41, 5.74) is 0. The molecule has 0 bridgehead atoms. The Bertz CT molecular complexity index is 1580. The third-order valence-electron chi connectivity index (χ3n) is 6.77. The molecule has 0 spiro atoms. The van der Waals surface area contributed by atoms with E-state index in [1.165, 1.54) is 46.9 Å². The Labute approximate surface area is 360 Å². The van der Waals surface area contributed by atoms with Gasteiger partial charge in [-0.1, -0.05) is 121 Å². The van der Waals surface area contributed by atoms with Crippen LogP contribution in [0.4, 0.5) is 69.1 Å². The smallest absolute Gasteiger partial charge is 0.496 e. The number of rotatable bonds is 9. The van der Waals surface area contributed by atoms with Gasteiger partial charge in [-0.05, 0) is 76.6 Å². The quantitative estimate of drug-likeness (QED) is 0.0720. The summed E-state index contributed by atoms with van der Waals surface area (Å²) in [5, 5.41) is 5.38. The van der Waals surface area contributed by atoms with Crippen molar-refractivity contribution in [2.24, 2.45) is 0 Å². The summed E-state index contributed by atoms with van der Waals surface area (Å²) in [6.45, 7) is 0. The van der Waals surface area contributed by atoms with E-state index < -0.39 is 44.9 Å². The van der Waals surface area contributed by atoms with Gasteiger partial charge in [0, 0.05) is 30.1 Å². The van der Waals surface area contributed by atoms with Crippen molar-refractivity contribution in [1.82, 2.24) is 0 Å². The van der Waals surface area contributed by atoms with Gasteiger partial charge in [0.05, 0.1) is 14.2 Å². The first kappa shape index (κ1) is 59.7. The monoisotopic (exact) mass is 1020 g/mol. The van der Waals surface area contributed by atoms with Crippen LogP contribution in [0.15, 0.2) is 133 Å². The summed E-state index contributed by atoms with van der Waals surface area (Å²) < 4.78 is 168. The zero-order valence-electron chi connectivity index (χ0n) is 32.3. The topological polar surface area (TPSA) is 18.5 Å². The van der Waals surface area contributed by atoms with Crippen LogP contribution in [0.1, 0.15) is 25.7 Å². The van der Waals surface area contributed by atoms with Gasteiger partial charge < -0.3 is 78.5 Å². The minimum absolute atomic E-state index is 0. The van der Waals surface area contributed by atoms with E-state index >= 15 is 0 Å². The van der Waals surface area contributed by atoms with E-state index in [0.717, 1.165) is 23.8 Å². The average Bonchev–Trinajstić information content (AvgIpc) is 3.12. The van der Waals surface area contributed by atoms with Gasteiger partial charge >= 0.3 is 29.0 Å². The average molecular weight is 1020 g/mol. The van der Waals surface area contributed by atoms with Gasteiger partial charge in [-0.25, -0.2) is 0 Å². The number of methoxy groups -OCH3 is 2. The minimum atomic E-state index is -6.00. The molecule has 0 N–H and O–H groups in total. The molecule has 0 saturated heterocycles. The van der Waals surface area contributed by atoms with Crippen molar-refractivity contribution in [2.45, 2.75) is 25.7 Å². The zero-order valence-corrected chi connectivity index (χ0v) is 35.8. The Morgan fingerprint density at radius 1 is 0.377 bits per heavy atom. The maximum atomic E-state index is 9.75. The van der Waals surface area contributed by atoms with Crippen LogP contribution in [-0.2, 0) is 19.5 Å². The number of benzene rings is 4. The SMILES string of the molecule is C1=C\CC/C=C\CC/1.COc1ccccc1[P@](CC[P@](c1ccccc1)c1ccccc1OC)c1ccccc1.F[B-](F)(F)F.F[B-](F)(F)F.F[B-](F)(F)F.F[B-](F)(F)F.[Rh]. The Morgan fingerprint density at radius 3 is 0.820 bits per heavy atom. The second-order valence-electron chi connectivity index (χ2n) is 11.4. The number of hydrogen-bond donors (Lipinski definition) is 0. The molecule has 2 nitrogen and oxygen atoms in total. The summed E-state index contributed by atoms with van der Waals surface area (Å²) >= 11 is 0. The summed E-state index contributed by atoms with van der Waals surface area (Å²) in [6, 6.07) is 38.7. The molecular weight excluding hydrogens is 976 g/mol. The minimum Gasteiger partial charge on any atom is -0.496 e. The molecule has 0 amide bonds. The van der Waals surface area contributed by atoms with Gasteiger partial charge in [0.1, 0.15) is 11.5 Å². The molecular formula is C36H40B4F16O2P2Rh-4. The Balaban J connectivity index is 0. The van der Waals surface area contributed by atoms with E-state index in [0.29, 0.717) is 0 Å². The van der Waals surface area contributed by atoms with Crippen molar-refractivity contribution in [3.8, 4) is 11.5 Å². The van der Waals surface area contributed by atoms with Crippen LogP contribution in [0.2, 0.25) is 0 Å². The molecule has 0 fully saturated rings. The second kappa shape index (κ2) is 31.4. The van der Waals surface area contributed by atoms with Gasteiger partial charge in [0.2, 0.25) is 0 Å². The zero-order chi connectivity index (χ0) is 45.8. The summed E-state index contributed by atoms with van der Waals surface area (Å²) in [6.07, 6.45) is 16.2. The fourth-order valence-electron chi connectivity index (χ4n) is 4.75. The van der Waals surface area contributed by atoms with Gasteiger partial charge in [0.25, 0.3) is 0 Å². The number of halogens is 16. The molecule has 0 heterocycles. The summed E-state index contributed by atoms with van der Waals surface area (Å²) in [5.74, 6) is 1.95. The van der Waals surface area contributed by atoms with Crippen LogP contribution < -0.4 is 30.7 Å². The van der Waals surface area contributed by atoms with E-state index in [2.05, 4.69) is 121 Å². The maximum absolute atomic E-state index is 9.75. The molecule has 2 atom stereocenters. The summed E-state index contributed by atoms with van der Waals surface area (Å²) in [4.78, 5) is 0. The van der Waals surface area contributed by atoms with Gasteiger partial charge in [-0.3, -0.25) is 0 Å². The first-order valence-corrected chi connectivity index (χ1v) is 20.6. The first-order chi connectivity index (χ1) is 27.8. The van der Waals surface area contributed by atoms with Gasteiger partial charge in [0.15, 0.2) is 0 Å². The number of para-hydroxylation sites is 2. The standard InChI is InChI=1S/C28H28O2P2.C8H12.4BF4.Rh/c1-29-25-17-9-11-19-27(25)31(23-13-5-3-6-14-23)21-22-32(24-15-7-4-8-16-24)28-20-12-10-18-26(28)30-2;1-2-4-6-8-7-5-3-1;4*2-1(3,4)5;/h3-20H,21-22H2,1-2H3;1-2,7-8H,3-6H2;;;;;/q;;4*-1;/b;2-1-,8-7-;;;;;/t31-,32-;;;;;;/m1....../s1. The van der Waals surface area contributed by atoms with E-state index in [1.807, 2.05) is 12.1 Å².